The Hall–Kier alpha value is -1.40. The minimum absolute atomic E-state index is 0.147. The number of nitrogens with two attached hydrogens (primary N) is 1. The third-order valence-corrected chi connectivity index (χ3v) is 6.32. The zero-order valence-corrected chi connectivity index (χ0v) is 16.4. The predicted octanol–water partition coefficient (Wildman–Crippen LogP) is 3.42. The van der Waals surface area contributed by atoms with Crippen molar-refractivity contribution in [2.24, 2.45) is 23.0 Å². The summed E-state index contributed by atoms with van der Waals surface area (Å²) in [7, 11) is 0. The molecule has 1 atom stereocenters. The van der Waals surface area contributed by atoms with E-state index in [1.807, 2.05) is 6.07 Å². The number of aromatic amines is 1. The fourth-order valence-electron chi connectivity index (χ4n) is 4.38. The SMILES string of the molecule is CC(C)(C)C1CCC(c2cc(NC(=O)C(N)C3CCOCC3)n[nH]2)CC1. The van der Waals surface area contributed by atoms with E-state index in [2.05, 4.69) is 36.3 Å². The van der Waals surface area contributed by atoms with Crippen LogP contribution in [0.15, 0.2) is 6.07 Å². The molecule has 0 spiro atoms. The van der Waals surface area contributed by atoms with Gasteiger partial charge in [-0.2, -0.15) is 5.10 Å². The zero-order chi connectivity index (χ0) is 18.7. The van der Waals surface area contributed by atoms with Gasteiger partial charge in [0.2, 0.25) is 5.91 Å². The Bertz CT molecular complexity index is 593. The van der Waals surface area contributed by atoms with Crippen LogP contribution in [0.1, 0.15) is 70.9 Å². The molecule has 0 bridgehead atoms. The second-order valence-electron chi connectivity index (χ2n) is 9.09. The zero-order valence-electron chi connectivity index (χ0n) is 16.4. The van der Waals surface area contributed by atoms with Crippen LogP contribution in [0, 0.1) is 17.3 Å². The molecule has 1 unspecified atom stereocenters. The first-order chi connectivity index (χ1) is 12.3. The summed E-state index contributed by atoms with van der Waals surface area (Å²) in [4.78, 5) is 12.4. The van der Waals surface area contributed by atoms with E-state index in [0.29, 0.717) is 30.4 Å². The van der Waals surface area contributed by atoms with Crippen LogP contribution in [0.2, 0.25) is 0 Å². The Morgan fingerprint density at radius 2 is 1.88 bits per heavy atom. The van der Waals surface area contributed by atoms with Crippen LogP contribution in [0.4, 0.5) is 5.82 Å². The molecule has 1 aliphatic heterocycles. The van der Waals surface area contributed by atoms with Gasteiger partial charge in [-0.25, -0.2) is 0 Å². The monoisotopic (exact) mass is 362 g/mol. The highest BCUT2D eigenvalue weighted by Crippen LogP contribution is 2.42. The molecular weight excluding hydrogens is 328 g/mol. The van der Waals surface area contributed by atoms with E-state index in [9.17, 15) is 4.79 Å². The number of H-pyrrole nitrogens is 1. The molecule has 4 N–H and O–H groups in total. The Labute approximate surface area is 156 Å². The summed E-state index contributed by atoms with van der Waals surface area (Å²) in [6.07, 6.45) is 6.56. The van der Waals surface area contributed by atoms with Gasteiger partial charge in [-0.3, -0.25) is 9.89 Å². The molecule has 6 heteroatoms. The van der Waals surface area contributed by atoms with Crippen molar-refractivity contribution in [1.29, 1.82) is 0 Å². The summed E-state index contributed by atoms with van der Waals surface area (Å²) in [5.74, 6) is 1.93. The number of ether oxygens (including phenoxy) is 1. The average Bonchev–Trinajstić information content (AvgIpc) is 3.09. The van der Waals surface area contributed by atoms with Crippen LogP contribution >= 0.6 is 0 Å². The Morgan fingerprint density at radius 3 is 2.50 bits per heavy atom. The lowest BCUT2D eigenvalue weighted by Crippen LogP contribution is -2.44. The maximum Gasteiger partial charge on any atom is 0.242 e. The van der Waals surface area contributed by atoms with E-state index in [1.165, 1.54) is 25.7 Å². The molecule has 1 aromatic heterocycles. The van der Waals surface area contributed by atoms with Gasteiger partial charge >= 0.3 is 0 Å². The number of aromatic nitrogens is 2. The standard InChI is InChI=1S/C20H34N4O2/c1-20(2,3)15-6-4-13(5-7-15)16-12-17(24-23-16)22-19(25)18(21)14-8-10-26-11-9-14/h12-15,18H,4-11,21H2,1-3H3,(H2,22,23,24,25). The Kier molecular flexibility index (Phi) is 6.03. The van der Waals surface area contributed by atoms with Crippen molar-refractivity contribution in [2.75, 3.05) is 18.5 Å². The van der Waals surface area contributed by atoms with E-state index in [0.717, 1.165) is 24.5 Å². The lowest BCUT2D eigenvalue weighted by atomic mass is 9.69. The van der Waals surface area contributed by atoms with Crippen molar-refractivity contribution in [3.05, 3.63) is 11.8 Å². The molecule has 6 nitrogen and oxygen atoms in total. The number of hydrogen-bond acceptors (Lipinski definition) is 4. The molecule has 0 radical (unpaired) electrons. The molecule has 0 aromatic carbocycles. The molecular formula is C20H34N4O2. The number of carbonyl (C=O) groups excluding carboxylic acids is 1. The van der Waals surface area contributed by atoms with Gasteiger partial charge in [0, 0.05) is 30.9 Å². The van der Waals surface area contributed by atoms with Crippen molar-refractivity contribution in [1.82, 2.24) is 10.2 Å². The minimum atomic E-state index is -0.499. The third kappa shape index (κ3) is 4.65. The average molecular weight is 363 g/mol. The molecule has 2 aliphatic rings. The summed E-state index contributed by atoms with van der Waals surface area (Å²) < 4.78 is 5.34. The van der Waals surface area contributed by atoms with Crippen molar-refractivity contribution < 1.29 is 9.53 Å². The maximum absolute atomic E-state index is 12.4. The summed E-state index contributed by atoms with van der Waals surface area (Å²) in [5.41, 5.74) is 7.66. The van der Waals surface area contributed by atoms with Crippen LogP contribution in [-0.2, 0) is 9.53 Å². The smallest absolute Gasteiger partial charge is 0.242 e. The molecule has 3 rings (SSSR count). The first-order valence-electron chi connectivity index (χ1n) is 10.0. The summed E-state index contributed by atoms with van der Waals surface area (Å²) in [6, 6.07) is 1.48. The molecule has 1 aliphatic carbocycles. The van der Waals surface area contributed by atoms with E-state index in [1.54, 1.807) is 0 Å². The Balaban J connectivity index is 1.52. The molecule has 1 saturated heterocycles. The van der Waals surface area contributed by atoms with Crippen LogP contribution in [0.5, 0.6) is 0 Å². The summed E-state index contributed by atoms with van der Waals surface area (Å²) >= 11 is 0. The topological polar surface area (TPSA) is 93.0 Å². The first kappa shape index (κ1) is 19.4. The molecule has 1 amide bonds. The van der Waals surface area contributed by atoms with Gasteiger partial charge in [0.15, 0.2) is 5.82 Å². The molecule has 1 aromatic rings. The summed E-state index contributed by atoms with van der Waals surface area (Å²) in [6.45, 7) is 8.39. The van der Waals surface area contributed by atoms with E-state index < -0.39 is 6.04 Å². The fourth-order valence-corrected chi connectivity index (χ4v) is 4.38. The second-order valence-corrected chi connectivity index (χ2v) is 9.09. The molecule has 2 heterocycles. The van der Waals surface area contributed by atoms with Crippen LogP contribution in [0.3, 0.4) is 0 Å². The third-order valence-electron chi connectivity index (χ3n) is 6.32. The van der Waals surface area contributed by atoms with Crippen molar-refractivity contribution in [2.45, 2.75) is 71.3 Å². The number of hydrogen-bond donors (Lipinski definition) is 3. The normalized spacial score (nSPS) is 26.5. The second kappa shape index (κ2) is 8.09. The molecule has 146 valence electrons. The fraction of sp³-hybridized carbons (Fsp3) is 0.800. The van der Waals surface area contributed by atoms with Gasteiger partial charge in [-0.15, -0.1) is 0 Å². The highest BCUT2D eigenvalue weighted by Gasteiger charge is 2.31. The summed E-state index contributed by atoms with van der Waals surface area (Å²) in [5, 5.41) is 10.3. The van der Waals surface area contributed by atoms with Crippen molar-refractivity contribution >= 4 is 11.7 Å². The van der Waals surface area contributed by atoms with Gasteiger partial charge in [-0.05, 0) is 55.8 Å². The number of carbonyl (C=O) groups is 1. The first-order valence-corrected chi connectivity index (χ1v) is 10.0. The lowest BCUT2D eigenvalue weighted by molar-refractivity contribution is -0.119. The van der Waals surface area contributed by atoms with Crippen LogP contribution in [-0.4, -0.2) is 35.4 Å². The Morgan fingerprint density at radius 1 is 1.23 bits per heavy atom. The van der Waals surface area contributed by atoms with Gasteiger partial charge < -0.3 is 15.8 Å². The number of amides is 1. The van der Waals surface area contributed by atoms with Crippen molar-refractivity contribution in [3.63, 3.8) is 0 Å². The van der Waals surface area contributed by atoms with Crippen LogP contribution < -0.4 is 11.1 Å². The number of anilines is 1. The van der Waals surface area contributed by atoms with Crippen molar-refractivity contribution in [3.8, 4) is 0 Å². The number of nitrogens with zero attached hydrogens (tertiary/aromatic N) is 1. The quantitative estimate of drug-likeness (QED) is 0.765. The highest BCUT2D eigenvalue weighted by molar-refractivity contribution is 5.94. The maximum atomic E-state index is 12.4. The highest BCUT2D eigenvalue weighted by atomic mass is 16.5. The lowest BCUT2D eigenvalue weighted by Gasteiger charge is -2.36. The molecule has 1 saturated carbocycles. The van der Waals surface area contributed by atoms with E-state index in [4.69, 9.17) is 10.5 Å². The van der Waals surface area contributed by atoms with Gasteiger partial charge in [0.1, 0.15) is 0 Å². The molecule has 26 heavy (non-hydrogen) atoms. The predicted molar refractivity (Wildman–Crippen MR) is 103 cm³/mol. The van der Waals surface area contributed by atoms with E-state index in [-0.39, 0.29) is 11.8 Å². The largest absolute Gasteiger partial charge is 0.381 e. The van der Waals surface area contributed by atoms with Crippen LogP contribution in [0.25, 0.3) is 0 Å². The molecule has 2 fully saturated rings. The number of rotatable bonds is 4. The minimum Gasteiger partial charge on any atom is -0.381 e. The van der Waals surface area contributed by atoms with Gasteiger partial charge in [-0.1, -0.05) is 20.8 Å². The number of nitrogens with one attached hydrogen (secondary N) is 2. The van der Waals surface area contributed by atoms with Gasteiger partial charge in [0.25, 0.3) is 0 Å². The van der Waals surface area contributed by atoms with E-state index >= 15 is 0 Å². The van der Waals surface area contributed by atoms with Gasteiger partial charge in [0.05, 0.1) is 6.04 Å².